The van der Waals surface area contributed by atoms with Gasteiger partial charge in [-0.1, -0.05) is 11.6 Å². The molecule has 3 heterocycles. The van der Waals surface area contributed by atoms with Crippen molar-refractivity contribution < 1.29 is 5.11 Å². The van der Waals surface area contributed by atoms with Crippen molar-refractivity contribution in [3.8, 4) is 5.69 Å². The Morgan fingerprint density at radius 3 is 3.00 bits per heavy atom. The van der Waals surface area contributed by atoms with E-state index in [1.54, 1.807) is 36.5 Å². The zero-order chi connectivity index (χ0) is 13.9. The number of hydrogen-bond acceptors (Lipinski definition) is 4. The molecule has 5 nitrogen and oxygen atoms in total. The molecule has 1 atom stereocenters. The van der Waals surface area contributed by atoms with Crippen molar-refractivity contribution in [1.29, 1.82) is 0 Å². The fourth-order valence-electron chi connectivity index (χ4n) is 2.54. The standard InChI is InChI=1S/C14H8ClN3O2/c15-7-3-4-10-9(6-7)11(19)13-17-12-8(2-1-5-16-12)14(20)18(10)13/h1-6,11,19H. The number of rotatable bonds is 0. The molecule has 20 heavy (non-hydrogen) atoms. The van der Waals surface area contributed by atoms with E-state index in [1.165, 1.54) is 4.57 Å². The Hall–Kier alpha value is -2.24. The smallest absolute Gasteiger partial charge is 0.267 e. The van der Waals surface area contributed by atoms with Gasteiger partial charge < -0.3 is 5.11 Å². The van der Waals surface area contributed by atoms with Gasteiger partial charge in [-0.2, -0.15) is 0 Å². The Morgan fingerprint density at radius 2 is 2.15 bits per heavy atom. The highest BCUT2D eigenvalue weighted by molar-refractivity contribution is 6.30. The number of hydrogen-bond donors (Lipinski definition) is 1. The molecule has 98 valence electrons. The minimum absolute atomic E-state index is 0.238. The van der Waals surface area contributed by atoms with Gasteiger partial charge in [0.25, 0.3) is 5.56 Å². The fraction of sp³-hybridized carbons (Fsp3) is 0.0714. The van der Waals surface area contributed by atoms with E-state index in [4.69, 9.17) is 11.6 Å². The molecular formula is C14H8ClN3O2. The first-order chi connectivity index (χ1) is 9.66. The third-order valence-corrected chi connectivity index (χ3v) is 3.67. The van der Waals surface area contributed by atoms with Crippen LogP contribution in [-0.2, 0) is 0 Å². The van der Waals surface area contributed by atoms with E-state index in [2.05, 4.69) is 9.97 Å². The highest BCUT2D eigenvalue weighted by Crippen LogP contribution is 2.35. The number of pyridine rings is 1. The van der Waals surface area contributed by atoms with Gasteiger partial charge in [0.1, 0.15) is 6.10 Å². The van der Waals surface area contributed by atoms with Gasteiger partial charge in [0, 0.05) is 16.8 Å². The van der Waals surface area contributed by atoms with Crippen molar-refractivity contribution in [2.75, 3.05) is 0 Å². The van der Waals surface area contributed by atoms with Crippen LogP contribution >= 0.6 is 11.6 Å². The summed E-state index contributed by atoms with van der Waals surface area (Å²) in [5.41, 5.74) is 1.29. The highest BCUT2D eigenvalue weighted by atomic mass is 35.5. The molecule has 0 aliphatic carbocycles. The average Bonchev–Trinajstić information content (AvgIpc) is 2.73. The SMILES string of the molecule is O=c1c2cccnc2nc2n1-c1ccc(Cl)cc1C2O. The molecule has 0 radical (unpaired) electrons. The van der Waals surface area contributed by atoms with Gasteiger partial charge in [-0.05, 0) is 30.3 Å². The summed E-state index contributed by atoms with van der Waals surface area (Å²) in [6.45, 7) is 0. The second-order valence-corrected chi connectivity index (χ2v) is 5.03. The minimum atomic E-state index is -0.970. The summed E-state index contributed by atoms with van der Waals surface area (Å²) < 4.78 is 1.42. The first-order valence-corrected chi connectivity index (χ1v) is 6.40. The number of benzene rings is 1. The van der Waals surface area contributed by atoms with Gasteiger partial charge in [0.2, 0.25) is 0 Å². The van der Waals surface area contributed by atoms with Crippen molar-refractivity contribution in [3.05, 3.63) is 63.3 Å². The molecule has 1 aliphatic rings. The normalized spacial score (nSPS) is 16.2. The first-order valence-electron chi connectivity index (χ1n) is 6.02. The van der Waals surface area contributed by atoms with Gasteiger partial charge in [-0.25, -0.2) is 9.97 Å². The Labute approximate surface area is 118 Å². The maximum absolute atomic E-state index is 12.6. The van der Waals surface area contributed by atoms with Crippen molar-refractivity contribution in [2.45, 2.75) is 6.10 Å². The molecule has 4 rings (SSSR count). The lowest BCUT2D eigenvalue weighted by Crippen LogP contribution is -2.21. The number of fused-ring (bicyclic) bond motifs is 4. The summed E-state index contributed by atoms with van der Waals surface area (Å²) in [7, 11) is 0. The summed E-state index contributed by atoms with van der Waals surface area (Å²) >= 11 is 5.94. The van der Waals surface area contributed by atoms with Crippen LogP contribution in [0.3, 0.4) is 0 Å². The molecular weight excluding hydrogens is 278 g/mol. The van der Waals surface area contributed by atoms with E-state index in [0.717, 1.165) is 0 Å². The highest BCUT2D eigenvalue weighted by Gasteiger charge is 2.30. The van der Waals surface area contributed by atoms with Crippen LogP contribution in [0.2, 0.25) is 5.02 Å². The minimum Gasteiger partial charge on any atom is -0.380 e. The average molecular weight is 286 g/mol. The van der Waals surface area contributed by atoms with Gasteiger partial charge in [0.05, 0.1) is 11.1 Å². The van der Waals surface area contributed by atoms with Crippen LogP contribution in [0.4, 0.5) is 0 Å². The van der Waals surface area contributed by atoms with Crippen molar-refractivity contribution >= 4 is 22.6 Å². The molecule has 0 saturated carbocycles. The quantitative estimate of drug-likeness (QED) is 0.684. The third-order valence-electron chi connectivity index (χ3n) is 3.44. The van der Waals surface area contributed by atoms with Crippen LogP contribution in [0.25, 0.3) is 16.7 Å². The van der Waals surface area contributed by atoms with E-state index in [0.29, 0.717) is 27.3 Å². The zero-order valence-electron chi connectivity index (χ0n) is 10.1. The zero-order valence-corrected chi connectivity index (χ0v) is 10.9. The molecule has 1 aromatic carbocycles. The van der Waals surface area contributed by atoms with Gasteiger partial charge in [-0.3, -0.25) is 9.36 Å². The van der Waals surface area contributed by atoms with Gasteiger partial charge in [0.15, 0.2) is 11.5 Å². The van der Waals surface area contributed by atoms with E-state index in [-0.39, 0.29) is 11.4 Å². The summed E-state index contributed by atoms with van der Waals surface area (Å²) in [5.74, 6) is 0.276. The monoisotopic (exact) mass is 285 g/mol. The molecule has 6 heteroatoms. The molecule has 1 N–H and O–H groups in total. The Morgan fingerprint density at radius 1 is 1.30 bits per heavy atom. The van der Waals surface area contributed by atoms with E-state index in [9.17, 15) is 9.90 Å². The van der Waals surface area contributed by atoms with Crippen LogP contribution in [0.15, 0.2) is 41.3 Å². The molecule has 3 aromatic rings. The summed E-state index contributed by atoms with van der Waals surface area (Å²) in [5, 5.41) is 11.3. The Balaban J connectivity index is 2.17. The summed E-state index contributed by atoms with van der Waals surface area (Å²) in [6, 6.07) is 8.40. The molecule has 1 aliphatic heterocycles. The van der Waals surface area contributed by atoms with Crippen LogP contribution in [0.5, 0.6) is 0 Å². The second kappa shape index (κ2) is 3.88. The molecule has 2 aromatic heterocycles. The molecule has 0 amide bonds. The van der Waals surface area contributed by atoms with Crippen LogP contribution in [0, 0.1) is 0 Å². The van der Waals surface area contributed by atoms with Gasteiger partial charge >= 0.3 is 0 Å². The van der Waals surface area contributed by atoms with E-state index >= 15 is 0 Å². The van der Waals surface area contributed by atoms with E-state index < -0.39 is 6.10 Å². The number of halogens is 1. The molecule has 1 unspecified atom stereocenters. The number of aliphatic hydroxyl groups excluding tert-OH is 1. The second-order valence-electron chi connectivity index (χ2n) is 4.59. The molecule has 0 bridgehead atoms. The maximum Gasteiger partial charge on any atom is 0.267 e. The van der Waals surface area contributed by atoms with Crippen molar-refractivity contribution in [1.82, 2.24) is 14.5 Å². The van der Waals surface area contributed by atoms with Crippen LogP contribution < -0.4 is 5.56 Å². The lowest BCUT2D eigenvalue weighted by Gasteiger charge is -2.06. The largest absolute Gasteiger partial charge is 0.380 e. The Kier molecular flexibility index (Phi) is 2.24. The lowest BCUT2D eigenvalue weighted by atomic mass is 10.1. The third kappa shape index (κ3) is 1.39. The van der Waals surface area contributed by atoms with Crippen molar-refractivity contribution in [2.24, 2.45) is 0 Å². The van der Waals surface area contributed by atoms with Gasteiger partial charge in [-0.15, -0.1) is 0 Å². The Bertz CT molecular complexity index is 920. The van der Waals surface area contributed by atoms with Crippen LogP contribution in [0.1, 0.15) is 17.5 Å². The topological polar surface area (TPSA) is 68.0 Å². The maximum atomic E-state index is 12.6. The summed E-state index contributed by atoms with van der Waals surface area (Å²) in [6.07, 6.45) is 0.597. The predicted molar refractivity (Wildman–Crippen MR) is 74.2 cm³/mol. The predicted octanol–water partition coefficient (Wildman–Crippen LogP) is 1.83. The summed E-state index contributed by atoms with van der Waals surface area (Å²) in [4.78, 5) is 20.9. The van der Waals surface area contributed by atoms with Crippen LogP contribution in [-0.4, -0.2) is 19.6 Å². The number of aromatic nitrogens is 3. The molecule has 0 spiro atoms. The van der Waals surface area contributed by atoms with Crippen molar-refractivity contribution in [3.63, 3.8) is 0 Å². The lowest BCUT2D eigenvalue weighted by molar-refractivity contribution is 0.216. The number of nitrogens with zero attached hydrogens (tertiary/aromatic N) is 3. The molecule has 0 fully saturated rings. The van der Waals surface area contributed by atoms with E-state index in [1.807, 2.05) is 0 Å². The first kappa shape index (κ1) is 11.6. The molecule has 0 saturated heterocycles. The fourth-order valence-corrected chi connectivity index (χ4v) is 2.72. The number of aliphatic hydroxyl groups is 1.